The number of likely N-dealkylation sites (tertiary alicyclic amines) is 1. The lowest BCUT2D eigenvalue weighted by Crippen LogP contribution is -2.57. The molecule has 1 aliphatic heterocycles. The molecule has 1 aliphatic carbocycles. The average molecular weight is 336 g/mol. The second-order valence-electron chi connectivity index (χ2n) is 7.28. The first-order chi connectivity index (χ1) is 11.4. The monoisotopic (exact) mass is 336 g/mol. The highest BCUT2D eigenvalue weighted by molar-refractivity contribution is 5.89. The lowest BCUT2D eigenvalue weighted by Gasteiger charge is -2.43. The maximum Gasteiger partial charge on any atom is 0.251 e. The fourth-order valence-corrected chi connectivity index (χ4v) is 3.80. The molecule has 1 N–H and O–H groups in total. The fourth-order valence-electron chi connectivity index (χ4n) is 3.80. The van der Waals surface area contributed by atoms with E-state index in [1.807, 2.05) is 31.2 Å². The number of amides is 1. The highest BCUT2D eigenvalue weighted by Gasteiger charge is 2.45. The Kier molecular flexibility index (Phi) is 4.79. The Morgan fingerprint density at radius 1 is 1.00 bits per heavy atom. The molecule has 1 amide bonds. The number of rotatable bonds is 3. The number of anilines is 1. The van der Waals surface area contributed by atoms with Crippen LogP contribution in [0.4, 0.5) is 14.5 Å². The van der Waals surface area contributed by atoms with Crippen molar-refractivity contribution < 1.29 is 13.6 Å². The highest BCUT2D eigenvalue weighted by Crippen LogP contribution is 2.36. The van der Waals surface area contributed by atoms with Crippen LogP contribution in [0, 0.1) is 6.92 Å². The number of piperidine rings is 1. The van der Waals surface area contributed by atoms with E-state index in [9.17, 15) is 13.6 Å². The third-order valence-corrected chi connectivity index (χ3v) is 5.33. The van der Waals surface area contributed by atoms with E-state index in [4.69, 9.17) is 0 Å². The van der Waals surface area contributed by atoms with Crippen LogP contribution < -0.4 is 5.32 Å². The van der Waals surface area contributed by atoms with Gasteiger partial charge in [-0.25, -0.2) is 8.78 Å². The number of aryl methyl sites for hydroxylation is 1. The predicted octanol–water partition coefficient (Wildman–Crippen LogP) is 4.37. The molecule has 3 rings (SSSR count). The average Bonchev–Trinajstić information content (AvgIpc) is 2.57. The summed E-state index contributed by atoms with van der Waals surface area (Å²) in [7, 11) is 0. The Hall–Kier alpha value is -1.65. The first-order valence-corrected chi connectivity index (χ1v) is 8.92. The summed E-state index contributed by atoms with van der Waals surface area (Å²) in [4.78, 5) is 14.8. The predicted molar refractivity (Wildman–Crippen MR) is 91.4 cm³/mol. The molecule has 1 saturated heterocycles. The molecule has 2 aliphatic rings. The lowest BCUT2D eigenvalue weighted by atomic mass is 9.79. The van der Waals surface area contributed by atoms with E-state index in [1.165, 1.54) is 5.56 Å². The number of carbonyl (C=O) groups is 1. The van der Waals surface area contributed by atoms with E-state index in [2.05, 4.69) is 5.32 Å². The number of benzene rings is 1. The van der Waals surface area contributed by atoms with Crippen molar-refractivity contribution in [3.8, 4) is 0 Å². The largest absolute Gasteiger partial charge is 0.371 e. The van der Waals surface area contributed by atoms with Gasteiger partial charge < -0.3 is 10.2 Å². The quantitative estimate of drug-likeness (QED) is 0.889. The minimum Gasteiger partial charge on any atom is -0.371 e. The summed E-state index contributed by atoms with van der Waals surface area (Å²) in [6.45, 7) is 2.34. The Labute approximate surface area is 142 Å². The minimum atomic E-state index is -2.62. The van der Waals surface area contributed by atoms with Crippen LogP contribution in [0.1, 0.15) is 50.5 Å². The standard InChI is InChI=1S/C19H26F2N2O/c1-15-5-7-16(8-6-15)22-18(9-3-2-4-10-18)17(24)23-13-11-19(20,21)12-14-23/h5-8,22H,2-4,9-14H2,1H3. The summed E-state index contributed by atoms with van der Waals surface area (Å²) in [6.07, 6.45) is 4.21. The van der Waals surface area contributed by atoms with Crippen LogP contribution in [-0.4, -0.2) is 35.4 Å². The van der Waals surface area contributed by atoms with Crippen LogP contribution in [0.25, 0.3) is 0 Å². The van der Waals surface area contributed by atoms with Gasteiger partial charge in [0, 0.05) is 31.6 Å². The summed E-state index contributed by atoms with van der Waals surface area (Å²) >= 11 is 0. The Balaban J connectivity index is 1.77. The van der Waals surface area contributed by atoms with Crippen molar-refractivity contribution >= 4 is 11.6 Å². The Morgan fingerprint density at radius 2 is 1.58 bits per heavy atom. The van der Waals surface area contributed by atoms with Gasteiger partial charge >= 0.3 is 0 Å². The topological polar surface area (TPSA) is 32.3 Å². The molecule has 1 heterocycles. The first kappa shape index (κ1) is 17.2. The van der Waals surface area contributed by atoms with Gasteiger partial charge in [-0.1, -0.05) is 37.0 Å². The number of nitrogens with zero attached hydrogens (tertiary/aromatic N) is 1. The minimum absolute atomic E-state index is 0.00160. The fraction of sp³-hybridized carbons (Fsp3) is 0.632. The van der Waals surface area contributed by atoms with Gasteiger partial charge in [-0.3, -0.25) is 4.79 Å². The van der Waals surface area contributed by atoms with Gasteiger partial charge in [0.25, 0.3) is 5.92 Å². The van der Waals surface area contributed by atoms with Crippen molar-refractivity contribution in [1.82, 2.24) is 4.90 Å². The summed E-state index contributed by atoms with van der Waals surface area (Å²) in [5.41, 5.74) is 1.46. The summed E-state index contributed by atoms with van der Waals surface area (Å²) < 4.78 is 26.8. The van der Waals surface area contributed by atoms with Gasteiger partial charge in [-0.2, -0.15) is 0 Å². The number of carbonyl (C=O) groups excluding carboxylic acids is 1. The maximum atomic E-state index is 13.4. The van der Waals surface area contributed by atoms with Crippen molar-refractivity contribution in [2.75, 3.05) is 18.4 Å². The zero-order chi connectivity index (χ0) is 17.2. The summed E-state index contributed by atoms with van der Waals surface area (Å²) in [5, 5.41) is 3.46. The van der Waals surface area contributed by atoms with E-state index < -0.39 is 11.5 Å². The second-order valence-corrected chi connectivity index (χ2v) is 7.28. The van der Waals surface area contributed by atoms with E-state index in [0.29, 0.717) is 0 Å². The van der Waals surface area contributed by atoms with Gasteiger partial charge in [0.15, 0.2) is 0 Å². The molecule has 1 aromatic rings. The van der Waals surface area contributed by atoms with Crippen molar-refractivity contribution in [3.05, 3.63) is 29.8 Å². The SMILES string of the molecule is Cc1ccc(NC2(C(=O)N3CCC(F)(F)CC3)CCCCC2)cc1. The smallest absolute Gasteiger partial charge is 0.251 e. The van der Waals surface area contributed by atoms with Crippen molar-refractivity contribution in [2.24, 2.45) is 0 Å². The number of nitrogens with one attached hydrogen (secondary N) is 1. The maximum absolute atomic E-state index is 13.4. The molecule has 1 aromatic carbocycles. The highest BCUT2D eigenvalue weighted by atomic mass is 19.3. The molecule has 5 heteroatoms. The van der Waals surface area contributed by atoms with Crippen molar-refractivity contribution in [3.63, 3.8) is 0 Å². The molecule has 1 saturated carbocycles. The van der Waals surface area contributed by atoms with Crippen LogP contribution in [0.2, 0.25) is 0 Å². The molecule has 3 nitrogen and oxygen atoms in total. The molecule has 132 valence electrons. The molecular weight excluding hydrogens is 310 g/mol. The third-order valence-electron chi connectivity index (χ3n) is 5.33. The number of halogens is 2. The second kappa shape index (κ2) is 6.69. The van der Waals surface area contributed by atoms with Crippen LogP contribution in [0.15, 0.2) is 24.3 Å². The van der Waals surface area contributed by atoms with Crippen LogP contribution in [0.3, 0.4) is 0 Å². The summed E-state index contributed by atoms with van der Waals surface area (Å²) in [5.74, 6) is -2.63. The van der Waals surface area contributed by atoms with E-state index >= 15 is 0 Å². The number of hydrogen-bond acceptors (Lipinski definition) is 2. The van der Waals surface area contributed by atoms with Crippen molar-refractivity contribution in [2.45, 2.75) is 63.3 Å². The molecule has 0 bridgehead atoms. The van der Waals surface area contributed by atoms with Crippen LogP contribution >= 0.6 is 0 Å². The third kappa shape index (κ3) is 3.70. The van der Waals surface area contributed by atoms with Gasteiger partial charge in [0.1, 0.15) is 5.54 Å². The summed E-state index contributed by atoms with van der Waals surface area (Å²) in [6, 6.07) is 8.02. The van der Waals surface area contributed by atoms with Gasteiger partial charge in [0.2, 0.25) is 5.91 Å². The van der Waals surface area contributed by atoms with E-state index in [0.717, 1.165) is 37.8 Å². The Bertz CT molecular complexity index is 570. The van der Waals surface area contributed by atoms with Gasteiger partial charge in [-0.05, 0) is 31.9 Å². The number of alkyl halides is 2. The molecule has 0 aromatic heterocycles. The van der Waals surface area contributed by atoms with Gasteiger partial charge in [-0.15, -0.1) is 0 Å². The lowest BCUT2D eigenvalue weighted by molar-refractivity contribution is -0.143. The zero-order valence-corrected chi connectivity index (χ0v) is 14.3. The molecular formula is C19H26F2N2O. The molecule has 0 unspecified atom stereocenters. The molecule has 0 radical (unpaired) electrons. The Morgan fingerprint density at radius 3 is 2.17 bits per heavy atom. The van der Waals surface area contributed by atoms with E-state index in [-0.39, 0.29) is 31.8 Å². The first-order valence-electron chi connectivity index (χ1n) is 8.92. The van der Waals surface area contributed by atoms with Crippen molar-refractivity contribution in [1.29, 1.82) is 0 Å². The molecule has 2 fully saturated rings. The molecule has 0 spiro atoms. The van der Waals surface area contributed by atoms with Gasteiger partial charge in [0.05, 0.1) is 0 Å². The molecule has 24 heavy (non-hydrogen) atoms. The number of hydrogen-bond donors (Lipinski definition) is 1. The van der Waals surface area contributed by atoms with Crippen LogP contribution in [-0.2, 0) is 4.79 Å². The zero-order valence-electron chi connectivity index (χ0n) is 14.3. The van der Waals surface area contributed by atoms with E-state index in [1.54, 1.807) is 4.90 Å². The molecule has 0 atom stereocenters. The van der Waals surface area contributed by atoms with Crippen LogP contribution in [0.5, 0.6) is 0 Å². The normalized spacial score (nSPS) is 22.9.